The Morgan fingerprint density at radius 3 is 2.54 bits per heavy atom. The van der Waals surface area contributed by atoms with Gasteiger partial charge in [0.1, 0.15) is 0 Å². The number of amides is 1. The van der Waals surface area contributed by atoms with E-state index in [0.717, 1.165) is 38.9 Å². The van der Waals surface area contributed by atoms with Gasteiger partial charge in [0.15, 0.2) is 0 Å². The van der Waals surface area contributed by atoms with Crippen molar-refractivity contribution in [2.45, 2.75) is 26.2 Å². The first kappa shape index (κ1) is 18.7. The maximum Gasteiger partial charge on any atom is 0.255 e. The van der Waals surface area contributed by atoms with Gasteiger partial charge in [-0.3, -0.25) is 9.52 Å². The lowest BCUT2D eigenvalue weighted by Crippen LogP contribution is -2.39. The minimum atomic E-state index is -3.41. The summed E-state index contributed by atoms with van der Waals surface area (Å²) in [6, 6.07) is 6.81. The minimum Gasteiger partial charge on any atom is -0.339 e. The SMILES string of the molecule is CCS(=O)(=O)Nc1ccccc1C(=O)N1CCC(CCNC)CC1. The van der Waals surface area contributed by atoms with Crippen LogP contribution in [-0.2, 0) is 10.0 Å². The largest absolute Gasteiger partial charge is 0.339 e. The van der Waals surface area contributed by atoms with Crippen molar-refractivity contribution in [2.24, 2.45) is 5.92 Å². The van der Waals surface area contributed by atoms with Crippen LogP contribution in [0.3, 0.4) is 0 Å². The fourth-order valence-corrected chi connectivity index (χ4v) is 3.60. The van der Waals surface area contributed by atoms with E-state index in [1.165, 1.54) is 0 Å². The third kappa shape index (κ3) is 4.95. The summed E-state index contributed by atoms with van der Waals surface area (Å²) in [4.78, 5) is 14.6. The van der Waals surface area contributed by atoms with Crippen molar-refractivity contribution < 1.29 is 13.2 Å². The summed E-state index contributed by atoms with van der Waals surface area (Å²) in [5.74, 6) is 0.527. The number of hydrogen-bond acceptors (Lipinski definition) is 4. The van der Waals surface area contributed by atoms with Gasteiger partial charge >= 0.3 is 0 Å². The van der Waals surface area contributed by atoms with Gasteiger partial charge in [-0.25, -0.2) is 8.42 Å². The molecule has 2 rings (SSSR count). The number of likely N-dealkylation sites (tertiary alicyclic amines) is 1. The zero-order valence-electron chi connectivity index (χ0n) is 14.4. The van der Waals surface area contributed by atoms with Gasteiger partial charge in [0, 0.05) is 13.1 Å². The summed E-state index contributed by atoms with van der Waals surface area (Å²) in [7, 11) is -1.45. The molecule has 1 aliphatic rings. The molecule has 0 unspecified atom stereocenters. The molecular weight excluding hydrogens is 326 g/mol. The van der Waals surface area contributed by atoms with E-state index < -0.39 is 10.0 Å². The number of sulfonamides is 1. The number of piperidine rings is 1. The molecule has 0 spiro atoms. The van der Waals surface area contributed by atoms with Crippen LogP contribution in [-0.4, -0.2) is 51.7 Å². The lowest BCUT2D eigenvalue weighted by atomic mass is 9.93. The topological polar surface area (TPSA) is 78.5 Å². The van der Waals surface area contributed by atoms with Crippen LogP contribution in [0, 0.1) is 5.92 Å². The summed E-state index contributed by atoms with van der Waals surface area (Å²) in [6.07, 6.45) is 3.12. The Balaban J connectivity index is 2.06. The van der Waals surface area contributed by atoms with Crippen molar-refractivity contribution in [1.29, 1.82) is 0 Å². The van der Waals surface area contributed by atoms with E-state index in [0.29, 0.717) is 17.2 Å². The summed E-state index contributed by atoms with van der Waals surface area (Å²) in [5.41, 5.74) is 0.782. The molecule has 0 aromatic heterocycles. The molecule has 0 bridgehead atoms. The Bertz CT molecular complexity index is 653. The zero-order valence-corrected chi connectivity index (χ0v) is 15.2. The molecule has 1 aliphatic heterocycles. The number of carbonyl (C=O) groups is 1. The normalized spacial score (nSPS) is 16.2. The van der Waals surface area contributed by atoms with Crippen LogP contribution in [0.2, 0.25) is 0 Å². The molecule has 2 N–H and O–H groups in total. The third-order valence-corrected chi connectivity index (χ3v) is 5.80. The molecule has 1 saturated heterocycles. The molecule has 134 valence electrons. The fraction of sp³-hybridized carbons (Fsp3) is 0.588. The summed E-state index contributed by atoms with van der Waals surface area (Å²) >= 11 is 0. The van der Waals surface area contributed by atoms with Crippen molar-refractivity contribution in [3.8, 4) is 0 Å². The lowest BCUT2D eigenvalue weighted by molar-refractivity contribution is 0.0688. The number of anilines is 1. The molecule has 1 fully saturated rings. The lowest BCUT2D eigenvalue weighted by Gasteiger charge is -2.32. The van der Waals surface area contributed by atoms with E-state index >= 15 is 0 Å². The molecule has 6 nitrogen and oxygen atoms in total. The van der Waals surface area contributed by atoms with E-state index in [2.05, 4.69) is 10.0 Å². The number of para-hydroxylation sites is 1. The van der Waals surface area contributed by atoms with E-state index in [-0.39, 0.29) is 11.7 Å². The van der Waals surface area contributed by atoms with Crippen LogP contribution in [0.4, 0.5) is 5.69 Å². The minimum absolute atomic E-state index is 0.0214. The molecule has 1 aromatic carbocycles. The summed E-state index contributed by atoms with van der Waals surface area (Å²) in [5, 5.41) is 3.16. The van der Waals surface area contributed by atoms with Crippen LogP contribution >= 0.6 is 0 Å². The predicted octanol–water partition coefficient (Wildman–Crippen LogP) is 1.91. The van der Waals surface area contributed by atoms with Crippen molar-refractivity contribution in [1.82, 2.24) is 10.2 Å². The van der Waals surface area contributed by atoms with Gasteiger partial charge in [-0.2, -0.15) is 0 Å². The summed E-state index contributed by atoms with van der Waals surface area (Å²) in [6.45, 7) is 4.02. The smallest absolute Gasteiger partial charge is 0.255 e. The summed E-state index contributed by atoms with van der Waals surface area (Å²) < 4.78 is 26.2. The van der Waals surface area contributed by atoms with Gasteiger partial charge in [-0.05, 0) is 57.8 Å². The number of nitrogens with zero attached hydrogens (tertiary/aromatic N) is 1. The molecule has 1 aromatic rings. The highest BCUT2D eigenvalue weighted by Gasteiger charge is 2.25. The molecule has 0 radical (unpaired) electrons. The second-order valence-electron chi connectivity index (χ2n) is 6.18. The van der Waals surface area contributed by atoms with Gasteiger partial charge in [0.25, 0.3) is 5.91 Å². The Kier molecular flexibility index (Phi) is 6.62. The third-order valence-electron chi connectivity index (χ3n) is 4.51. The predicted molar refractivity (Wildman–Crippen MR) is 96.7 cm³/mol. The number of benzene rings is 1. The first-order valence-corrected chi connectivity index (χ1v) is 10.2. The highest BCUT2D eigenvalue weighted by molar-refractivity contribution is 7.92. The fourth-order valence-electron chi connectivity index (χ4n) is 2.94. The van der Waals surface area contributed by atoms with Crippen molar-refractivity contribution in [3.05, 3.63) is 29.8 Å². The van der Waals surface area contributed by atoms with Crippen LogP contribution in [0.15, 0.2) is 24.3 Å². The molecule has 1 amide bonds. The van der Waals surface area contributed by atoms with Crippen LogP contribution in [0.5, 0.6) is 0 Å². The highest BCUT2D eigenvalue weighted by atomic mass is 32.2. The molecule has 0 atom stereocenters. The van der Waals surface area contributed by atoms with E-state index in [4.69, 9.17) is 0 Å². The van der Waals surface area contributed by atoms with Gasteiger partial charge in [0.2, 0.25) is 10.0 Å². The van der Waals surface area contributed by atoms with Gasteiger partial charge in [-0.15, -0.1) is 0 Å². The maximum absolute atomic E-state index is 12.8. The molecular formula is C17H27N3O3S. The molecule has 0 saturated carbocycles. The van der Waals surface area contributed by atoms with Crippen LogP contribution in [0.25, 0.3) is 0 Å². The second-order valence-corrected chi connectivity index (χ2v) is 8.19. The number of hydrogen-bond donors (Lipinski definition) is 2. The molecule has 0 aliphatic carbocycles. The van der Waals surface area contributed by atoms with E-state index in [1.54, 1.807) is 31.2 Å². The van der Waals surface area contributed by atoms with Gasteiger partial charge in [-0.1, -0.05) is 12.1 Å². The second kappa shape index (κ2) is 8.48. The van der Waals surface area contributed by atoms with E-state index in [1.807, 2.05) is 11.9 Å². The van der Waals surface area contributed by atoms with Gasteiger partial charge < -0.3 is 10.2 Å². The van der Waals surface area contributed by atoms with Crippen molar-refractivity contribution in [3.63, 3.8) is 0 Å². The molecule has 1 heterocycles. The number of carbonyl (C=O) groups excluding carboxylic acids is 1. The van der Waals surface area contributed by atoms with Gasteiger partial charge in [0.05, 0.1) is 17.0 Å². The quantitative estimate of drug-likeness (QED) is 0.785. The first-order chi connectivity index (χ1) is 11.5. The maximum atomic E-state index is 12.8. The Morgan fingerprint density at radius 2 is 1.92 bits per heavy atom. The van der Waals surface area contributed by atoms with Crippen molar-refractivity contribution in [2.75, 3.05) is 37.2 Å². The highest BCUT2D eigenvalue weighted by Crippen LogP contribution is 2.24. The first-order valence-electron chi connectivity index (χ1n) is 8.50. The average molecular weight is 353 g/mol. The molecule has 7 heteroatoms. The Hall–Kier alpha value is -1.60. The average Bonchev–Trinajstić information content (AvgIpc) is 2.60. The Labute approximate surface area is 144 Å². The number of nitrogens with one attached hydrogen (secondary N) is 2. The van der Waals surface area contributed by atoms with Crippen LogP contribution in [0.1, 0.15) is 36.5 Å². The van der Waals surface area contributed by atoms with Crippen molar-refractivity contribution >= 4 is 21.6 Å². The standard InChI is InChI=1S/C17H27N3O3S/c1-3-24(22,23)19-16-7-5-4-6-15(16)17(21)20-12-9-14(10-13-20)8-11-18-2/h4-7,14,18-19H,3,8-13H2,1-2H3. The monoisotopic (exact) mass is 353 g/mol. The van der Waals surface area contributed by atoms with E-state index in [9.17, 15) is 13.2 Å². The zero-order chi connectivity index (χ0) is 17.6. The Morgan fingerprint density at radius 1 is 1.25 bits per heavy atom. The molecule has 24 heavy (non-hydrogen) atoms. The number of rotatable bonds is 7. The van der Waals surface area contributed by atoms with Crippen LogP contribution < -0.4 is 10.0 Å².